The van der Waals surface area contributed by atoms with Crippen LogP contribution in [0, 0.1) is 6.92 Å². The van der Waals surface area contributed by atoms with Gasteiger partial charge in [0, 0.05) is 22.2 Å². The topological polar surface area (TPSA) is 77.6 Å². The highest BCUT2D eigenvalue weighted by Crippen LogP contribution is 2.29. The Labute approximate surface area is 150 Å². The minimum atomic E-state index is -0.472. The van der Waals surface area contributed by atoms with E-state index in [1.54, 1.807) is 12.1 Å². The van der Waals surface area contributed by atoms with Gasteiger partial charge in [0.25, 0.3) is 0 Å². The molecule has 6 nitrogen and oxygen atoms in total. The molecule has 0 amide bonds. The van der Waals surface area contributed by atoms with Crippen LogP contribution < -0.4 is 9.47 Å². The number of rotatable bonds is 6. The fourth-order valence-electron chi connectivity index (χ4n) is 2.88. The molecular weight excluding hydrogens is 334 g/mol. The van der Waals surface area contributed by atoms with E-state index in [1.807, 2.05) is 31.2 Å². The van der Waals surface area contributed by atoms with E-state index in [9.17, 15) is 9.59 Å². The third-order valence-electron chi connectivity index (χ3n) is 4.12. The van der Waals surface area contributed by atoms with Gasteiger partial charge in [-0.2, -0.15) is 0 Å². The van der Waals surface area contributed by atoms with E-state index in [4.69, 9.17) is 9.47 Å². The lowest BCUT2D eigenvalue weighted by atomic mass is 10.1. The fourth-order valence-corrected chi connectivity index (χ4v) is 2.88. The van der Waals surface area contributed by atoms with E-state index in [2.05, 4.69) is 9.72 Å². The monoisotopic (exact) mass is 353 g/mol. The van der Waals surface area contributed by atoms with Gasteiger partial charge < -0.3 is 19.2 Å². The number of Topliss-reactive ketones (excluding diaryl/α,β-unsaturated/α-hetero) is 1. The van der Waals surface area contributed by atoms with Gasteiger partial charge in [-0.15, -0.1) is 0 Å². The van der Waals surface area contributed by atoms with Crippen molar-refractivity contribution in [3.8, 4) is 11.5 Å². The Morgan fingerprint density at radius 2 is 1.81 bits per heavy atom. The number of H-pyrrole nitrogens is 1. The maximum absolute atomic E-state index is 12.7. The standard InChI is InChI=1S/C20H19NO5/c1-12-19(14-6-4-5-7-15(14)21-12)16(22)11-26-17-9-8-13(20(23)25-3)10-18(17)24-2/h4-10,21H,11H2,1-3H3. The van der Waals surface area contributed by atoms with E-state index < -0.39 is 5.97 Å². The first-order valence-corrected chi connectivity index (χ1v) is 8.04. The number of carbonyl (C=O) groups excluding carboxylic acids is 2. The molecule has 3 rings (SSSR count). The summed E-state index contributed by atoms with van der Waals surface area (Å²) in [5.74, 6) is 0.127. The number of esters is 1. The van der Waals surface area contributed by atoms with Crippen molar-refractivity contribution < 1.29 is 23.8 Å². The molecule has 0 radical (unpaired) electrons. The quantitative estimate of drug-likeness (QED) is 0.542. The van der Waals surface area contributed by atoms with Crippen molar-refractivity contribution in [1.29, 1.82) is 0 Å². The number of aryl methyl sites for hydroxylation is 1. The van der Waals surface area contributed by atoms with Crippen LogP contribution in [0.5, 0.6) is 11.5 Å². The molecule has 0 saturated heterocycles. The first-order valence-electron chi connectivity index (χ1n) is 8.04. The van der Waals surface area contributed by atoms with Gasteiger partial charge in [0.2, 0.25) is 5.78 Å². The summed E-state index contributed by atoms with van der Waals surface area (Å²) in [6.07, 6.45) is 0. The number of hydrogen-bond acceptors (Lipinski definition) is 5. The summed E-state index contributed by atoms with van der Waals surface area (Å²) in [6, 6.07) is 12.3. The van der Waals surface area contributed by atoms with Crippen LogP contribution in [0.15, 0.2) is 42.5 Å². The molecule has 0 aliphatic rings. The summed E-state index contributed by atoms with van der Waals surface area (Å²) in [6.45, 7) is 1.72. The molecule has 0 saturated carbocycles. The van der Waals surface area contributed by atoms with Crippen LogP contribution in [0.2, 0.25) is 0 Å². The Balaban J connectivity index is 1.81. The fraction of sp³-hybridized carbons (Fsp3) is 0.200. The lowest BCUT2D eigenvalue weighted by Gasteiger charge is -2.11. The molecule has 1 heterocycles. The molecular formula is C20H19NO5. The summed E-state index contributed by atoms with van der Waals surface area (Å²) in [4.78, 5) is 27.5. The van der Waals surface area contributed by atoms with Crippen LogP contribution in [0.4, 0.5) is 0 Å². The number of carbonyl (C=O) groups is 2. The molecule has 3 aromatic rings. The number of benzene rings is 2. The Morgan fingerprint density at radius 1 is 1.04 bits per heavy atom. The third kappa shape index (κ3) is 3.26. The largest absolute Gasteiger partial charge is 0.493 e. The maximum Gasteiger partial charge on any atom is 0.337 e. The molecule has 2 aromatic carbocycles. The van der Waals surface area contributed by atoms with E-state index in [1.165, 1.54) is 20.3 Å². The van der Waals surface area contributed by atoms with E-state index in [-0.39, 0.29) is 12.4 Å². The van der Waals surface area contributed by atoms with Gasteiger partial charge in [-0.1, -0.05) is 18.2 Å². The number of nitrogens with one attached hydrogen (secondary N) is 1. The summed E-state index contributed by atoms with van der Waals surface area (Å²) >= 11 is 0. The second-order valence-electron chi connectivity index (χ2n) is 5.74. The summed E-state index contributed by atoms with van der Waals surface area (Å²) in [7, 11) is 2.77. The van der Waals surface area contributed by atoms with Crippen molar-refractivity contribution in [3.63, 3.8) is 0 Å². The van der Waals surface area contributed by atoms with Crippen LogP contribution in [-0.4, -0.2) is 37.6 Å². The minimum absolute atomic E-state index is 0.140. The van der Waals surface area contributed by atoms with Gasteiger partial charge in [0.05, 0.1) is 19.8 Å². The molecule has 0 fully saturated rings. The number of aromatic nitrogens is 1. The van der Waals surface area contributed by atoms with Crippen molar-refractivity contribution in [2.75, 3.05) is 20.8 Å². The summed E-state index contributed by atoms with van der Waals surface area (Å²) in [5, 5.41) is 0.867. The SMILES string of the molecule is COC(=O)c1ccc(OCC(=O)c2c(C)[nH]c3ccccc23)c(OC)c1. The number of methoxy groups -OCH3 is 2. The highest BCUT2D eigenvalue weighted by molar-refractivity contribution is 6.09. The molecule has 0 aliphatic carbocycles. The Kier molecular flexibility index (Phi) is 4.93. The Morgan fingerprint density at radius 3 is 2.54 bits per heavy atom. The summed E-state index contributed by atoms with van der Waals surface area (Å²) in [5.41, 5.74) is 2.67. The van der Waals surface area contributed by atoms with Gasteiger partial charge in [-0.05, 0) is 31.2 Å². The lowest BCUT2D eigenvalue weighted by Crippen LogP contribution is -2.13. The Bertz CT molecular complexity index is 973. The van der Waals surface area contributed by atoms with Crippen LogP contribution >= 0.6 is 0 Å². The molecule has 0 unspecified atom stereocenters. The molecule has 0 spiro atoms. The maximum atomic E-state index is 12.7. The number of hydrogen-bond donors (Lipinski definition) is 1. The van der Waals surface area contributed by atoms with Crippen molar-refractivity contribution in [2.24, 2.45) is 0 Å². The average molecular weight is 353 g/mol. The van der Waals surface area contributed by atoms with E-state index in [0.29, 0.717) is 22.6 Å². The summed E-state index contributed by atoms with van der Waals surface area (Å²) < 4.78 is 15.6. The third-order valence-corrected chi connectivity index (χ3v) is 4.12. The highest BCUT2D eigenvalue weighted by Gasteiger charge is 2.18. The molecule has 0 atom stereocenters. The molecule has 6 heteroatoms. The van der Waals surface area contributed by atoms with Gasteiger partial charge in [-0.25, -0.2) is 4.79 Å². The molecule has 0 aliphatic heterocycles. The van der Waals surface area contributed by atoms with Crippen molar-refractivity contribution >= 4 is 22.7 Å². The van der Waals surface area contributed by atoms with Crippen LogP contribution in [0.25, 0.3) is 10.9 Å². The van der Waals surface area contributed by atoms with Gasteiger partial charge in [0.1, 0.15) is 0 Å². The number of para-hydroxylation sites is 1. The first kappa shape index (κ1) is 17.5. The van der Waals surface area contributed by atoms with Gasteiger partial charge >= 0.3 is 5.97 Å². The Hall–Kier alpha value is -3.28. The zero-order valence-electron chi connectivity index (χ0n) is 14.8. The van der Waals surface area contributed by atoms with Crippen molar-refractivity contribution in [3.05, 3.63) is 59.3 Å². The normalized spacial score (nSPS) is 10.6. The predicted molar refractivity (Wildman–Crippen MR) is 97.2 cm³/mol. The van der Waals surface area contributed by atoms with Crippen LogP contribution in [0.3, 0.4) is 0 Å². The first-order chi connectivity index (χ1) is 12.5. The molecule has 1 aromatic heterocycles. The minimum Gasteiger partial charge on any atom is -0.493 e. The van der Waals surface area contributed by atoms with Crippen molar-refractivity contribution in [1.82, 2.24) is 4.98 Å². The van der Waals surface area contributed by atoms with E-state index >= 15 is 0 Å². The predicted octanol–water partition coefficient (Wildman–Crippen LogP) is 3.53. The molecule has 134 valence electrons. The lowest BCUT2D eigenvalue weighted by molar-refractivity contribution is 0.0600. The number of aromatic amines is 1. The van der Waals surface area contributed by atoms with Gasteiger partial charge in [-0.3, -0.25) is 4.79 Å². The average Bonchev–Trinajstić information content (AvgIpc) is 3.01. The zero-order chi connectivity index (χ0) is 18.7. The zero-order valence-corrected chi connectivity index (χ0v) is 14.8. The van der Waals surface area contributed by atoms with Crippen molar-refractivity contribution in [2.45, 2.75) is 6.92 Å². The van der Waals surface area contributed by atoms with Crippen LogP contribution in [-0.2, 0) is 4.74 Å². The number of fused-ring (bicyclic) bond motifs is 1. The van der Waals surface area contributed by atoms with E-state index in [0.717, 1.165) is 16.6 Å². The molecule has 26 heavy (non-hydrogen) atoms. The second kappa shape index (κ2) is 7.31. The van der Waals surface area contributed by atoms with Gasteiger partial charge in [0.15, 0.2) is 18.1 Å². The molecule has 0 bridgehead atoms. The number of ether oxygens (including phenoxy) is 3. The smallest absolute Gasteiger partial charge is 0.337 e. The second-order valence-corrected chi connectivity index (χ2v) is 5.74. The van der Waals surface area contributed by atoms with Crippen LogP contribution in [0.1, 0.15) is 26.4 Å². The molecule has 1 N–H and O–H groups in total. The highest BCUT2D eigenvalue weighted by atomic mass is 16.5. The number of ketones is 1.